The molecule has 0 amide bonds. The van der Waals surface area contributed by atoms with Gasteiger partial charge in [0.25, 0.3) is 0 Å². The standard InChI is InChI=1S/C18H16N2O2/c1-13-8-10-15(11-9-13)20-18(17(12-21)14(2)19-20)22-16-6-4-3-5-7-16/h3-12H,1-2H3. The van der Waals surface area contributed by atoms with Crippen LogP contribution < -0.4 is 4.74 Å². The van der Waals surface area contributed by atoms with Crippen molar-refractivity contribution in [3.8, 4) is 17.3 Å². The van der Waals surface area contributed by atoms with E-state index in [4.69, 9.17) is 4.74 Å². The largest absolute Gasteiger partial charge is 0.438 e. The van der Waals surface area contributed by atoms with Crippen LogP contribution in [0.15, 0.2) is 54.6 Å². The van der Waals surface area contributed by atoms with Crippen molar-refractivity contribution in [3.05, 3.63) is 71.4 Å². The summed E-state index contributed by atoms with van der Waals surface area (Å²) in [6, 6.07) is 17.3. The Kier molecular flexibility index (Phi) is 3.74. The number of carbonyl (C=O) groups excluding carboxylic acids is 1. The summed E-state index contributed by atoms with van der Waals surface area (Å²) in [6.07, 6.45) is 0.783. The highest BCUT2D eigenvalue weighted by molar-refractivity contribution is 5.80. The number of hydrogen-bond acceptors (Lipinski definition) is 3. The Hall–Kier alpha value is -2.88. The van der Waals surface area contributed by atoms with E-state index < -0.39 is 0 Å². The molecule has 0 aliphatic heterocycles. The van der Waals surface area contributed by atoms with Crippen molar-refractivity contribution in [2.75, 3.05) is 0 Å². The van der Waals surface area contributed by atoms with Crippen LogP contribution in [0.4, 0.5) is 0 Å². The molecule has 2 aromatic carbocycles. The Morgan fingerprint density at radius 3 is 2.32 bits per heavy atom. The van der Waals surface area contributed by atoms with E-state index in [1.807, 2.05) is 61.5 Å². The summed E-state index contributed by atoms with van der Waals surface area (Å²) in [4.78, 5) is 11.4. The molecule has 4 heteroatoms. The van der Waals surface area contributed by atoms with Gasteiger partial charge in [0.15, 0.2) is 6.29 Å². The minimum Gasteiger partial charge on any atom is -0.438 e. The Balaban J connectivity index is 2.10. The second-order valence-electron chi connectivity index (χ2n) is 5.08. The van der Waals surface area contributed by atoms with Crippen molar-refractivity contribution in [1.82, 2.24) is 9.78 Å². The van der Waals surface area contributed by atoms with Crippen LogP contribution in [0.1, 0.15) is 21.6 Å². The normalized spacial score (nSPS) is 10.5. The molecular weight excluding hydrogens is 276 g/mol. The van der Waals surface area contributed by atoms with Gasteiger partial charge < -0.3 is 4.74 Å². The highest BCUT2D eigenvalue weighted by Crippen LogP contribution is 2.29. The van der Waals surface area contributed by atoms with Crippen LogP contribution in [0.2, 0.25) is 0 Å². The molecule has 0 aliphatic rings. The van der Waals surface area contributed by atoms with Crippen LogP contribution >= 0.6 is 0 Å². The maximum Gasteiger partial charge on any atom is 0.233 e. The van der Waals surface area contributed by atoms with Gasteiger partial charge in [0.1, 0.15) is 5.75 Å². The molecule has 0 N–H and O–H groups in total. The lowest BCUT2D eigenvalue weighted by Gasteiger charge is -2.10. The third-order valence-electron chi connectivity index (χ3n) is 3.42. The van der Waals surface area contributed by atoms with Gasteiger partial charge in [-0.2, -0.15) is 9.78 Å². The number of para-hydroxylation sites is 1. The lowest BCUT2D eigenvalue weighted by atomic mass is 10.2. The van der Waals surface area contributed by atoms with Gasteiger partial charge in [-0.05, 0) is 38.1 Å². The molecule has 0 fully saturated rings. The maximum atomic E-state index is 11.4. The quantitative estimate of drug-likeness (QED) is 0.680. The first kappa shape index (κ1) is 14.1. The molecule has 0 atom stereocenters. The average Bonchev–Trinajstić information content (AvgIpc) is 2.85. The zero-order valence-corrected chi connectivity index (χ0v) is 12.5. The van der Waals surface area contributed by atoms with Crippen LogP contribution in [0.5, 0.6) is 11.6 Å². The minimum atomic E-state index is 0.433. The second-order valence-corrected chi connectivity index (χ2v) is 5.08. The van der Waals surface area contributed by atoms with E-state index in [0.29, 0.717) is 22.9 Å². The van der Waals surface area contributed by atoms with Gasteiger partial charge in [-0.15, -0.1) is 0 Å². The number of ether oxygens (including phenoxy) is 1. The van der Waals surface area contributed by atoms with Crippen LogP contribution in [0.25, 0.3) is 5.69 Å². The van der Waals surface area contributed by atoms with Crippen molar-refractivity contribution in [2.24, 2.45) is 0 Å². The molecule has 0 unspecified atom stereocenters. The highest BCUT2D eigenvalue weighted by atomic mass is 16.5. The first-order chi connectivity index (χ1) is 10.7. The molecule has 1 heterocycles. The topological polar surface area (TPSA) is 44.1 Å². The summed E-state index contributed by atoms with van der Waals surface area (Å²) in [5.41, 5.74) is 3.12. The number of nitrogens with zero attached hydrogens (tertiary/aromatic N) is 2. The van der Waals surface area contributed by atoms with E-state index in [2.05, 4.69) is 5.10 Å². The Bertz CT molecular complexity index is 790. The van der Waals surface area contributed by atoms with Gasteiger partial charge in [-0.3, -0.25) is 4.79 Å². The zero-order chi connectivity index (χ0) is 15.5. The van der Waals surface area contributed by atoms with E-state index in [0.717, 1.165) is 17.5 Å². The molecule has 1 aromatic heterocycles. The summed E-state index contributed by atoms with van der Waals surface area (Å²) >= 11 is 0. The van der Waals surface area contributed by atoms with Crippen molar-refractivity contribution in [1.29, 1.82) is 0 Å². The van der Waals surface area contributed by atoms with Gasteiger partial charge in [0, 0.05) is 0 Å². The summed E-state index contributed by atoms with van der Waals surface area (Å²) in [5, 5.41) is 4.44. The van der Waals surface area contributed by atoms with E-state index in [9.17, 15) is 4.79 Å². The Morgan fingerprint density at radius 1 is 1.00 bits per heavy atom. The molecular formula is C18H16N2O2. The van der Waals surface area contributed by atoms with Gasteiger partial charge in [-0.25, -0.2) is 0 Å². The monoisotopic (exact) mass is 292 g/mol. The van der Waals surface area contributed by atoms with Crippen molar-refractivity contribution >= 4 is 6.29 Å². The molecule has 4 nitrogen and oxygen atoms in total. The number of hydrogen-bond donors (Lipinski definition) is 0. The van der Waals surface area contributed by atoms with Crippen LogP contribution in [0, 0.1) is 13.8 Å². The van der Waals surface area contributed by atoms with Crippen LogP contribution in [0.3, 0.4) is 0 Å². The van der Waals surface area contributed by atoms with E-state index in [1.165, 1.54) is 0 Å². The highest BCUT2D eigenvalue weighted by Gasteiger charge is 2.18. The molecule has 0 radical (unpaired) electrons. The molecule has 0 spiro atoms. The number of aromatic nitrogens is 2. The third-order valence-corrected chi connectivity index (χ3v) is 3.42. The third kappa shape index (κ3) is 2.63. The average molecular weight is 292 g/mol. The predicted molar refractivity (Wildman–Crippen MR) is 84.9 cm³/mol. The molecule has 0 saturated carbocycles. The molecule has 0 aliphatic carbocycles. The second kappa shape index (κ2) is 5.85. The van der Waals surface area contributed by atoms with E-state index >= 15 is 0 Å². The van der Waals surface area contributed by atoms with Gasteiger partial charge in [0.2, 0.25) is 5.88 Å². The summed E-state index contributed by atoms with van der Waals surface area (Å²) in [6.45, 7) is 3.82. The smallest absolute Gasteiger partial charge is 0.233 e. The molecule has 3 aromatic rings. The number of rotatable bonds is 4. The lowest BCUT2D eigenvalue weighted by Crippen LogP contribution is -2.00. The van der Waals surface area contributed by atoms with Crippen molar-refractivity contribution in [3.63, 3.8) is 0 Å². The van der Waals surface area contributed by atoms with Gasteiger partial charge >= 0.3 is 0 Å². The maximum absolute atomic E-state index is 11.4. The Labute approximate surface area is 129 Å². The lowest BCUT2D eigenvalue weighted by molar-refractivity contribution is 0.112. The first-order valence-electron chi connectivity index (χ1n) is 7.04. The Morgan fingerprint density at radius 2 is 1.68 bits per heavy atom. The van der Waals surface area contributed by atoms with Crippen LogP contribution in [-0.2, 0) is 0 Å². The fourth-order valence-corrected chi connectivity index (χ4v) is 2.21. The summed E-state index contributed by atoms with van der Waals surface area (Å²) < 4.78 is 7.56. The van der Waals surface area contributed by atoms with E-state index in [-0.39, 0.29) is 0 Å². The van der Waals surface area contributed by atoms with Gasteiger partial charge in [0.05, 0.1) is 16.9 Å². The number of aldehydes is 1. The summed E-state index contributed by atoms with van der Waals surface area (Å²) in [5.74, 6) is 1.10. The van der Waals surface area contributed by atoms with Gasteiger partial charge in [-0.1, -0.05) is 35.9 Å². The predicted octanol–water partition coefficient (Wildman–Crippen LogP) is 4.09. The fourth-order valence-electron chi connectivity index (χ4n) is 2.21. The number of carbonyl (C=O) groups is 1. The molecule has 110 valence electrons. The number of benzene rings is 2. The van der Waals surface area contributed by atoms with E-state index in [1.54, 1.807) is 11.6 Å². The number of aryl methyl sites for hydroxylation is 2. The fraction of sp³-hybridized carbons (Fsp3) is 0.111. The molecule has 22 heavy (non-hydrogen) atoms. The first-order valence-corrected chi connectivity index (χ1v) is 7.04. The van der Waals surface area contributed by atoms with Crippen molar-refractivity contribution < 1.29 is 9.53 Å². The van der Waals surface area contributed by atoms with Crippen molar-refractivity contribution in [2.45, 2.75) is 13.8 Å². The minimum absolute atomic E-state index is 0.433. The molecule has 3 rings (SSSR count). The van der Waals surface area contributed by atoms with Crippen LogP contribution in [-0.4, -0.2) is 16.1 Å². The SMILES string of the molecule is Cc1ccc(-n2nc(C)c(C=O)c2Oc2ccccc2)cc1. The molecule has 0 bridgehead atoms. The summed E-state index contributed by atoms with van der Waals surface area (Å²) in [7, 11) is 0. The zero-order valence-electron chi connectivity index (χ0n) is 12.5. The molecule has 0 saturated heterocycles.